The van der Waals surface area contributed by atoms with Gasteiger partial charge in [0.2, 0.25) is 0 Å². The number of anilines is 1. The van der Waals surface area contributed by atoms with Crippen molar-refractivity contribution in [1.29, 1.82) is 0 Å². The normalized spacial score (nSPS) is 10.4. The minimum atomic E-state index is -0.0308. The molecule has 6 heteroatoms. The predicted octanol–water partition coefficient (Wildman–Crippen LogP) is 2.51. The maximum atomic E-state index is 10.9. The molecule has 2 heterocycles. The van der Waals surface area contributed by atoms with E-state index < -0.39 is 0 Å². The van der Waals surface area contributed by atoms with Crippen molar-refractivity contribution in [3.8, 4) is 0 Å². The third-order valence-corrected chi connectivity index (χ3v) is 3.63. The number of halogens is 1. The lowest BCUT2D eigenvalue weighted by Gasteiger charge is -2.05. The molecule has 2 N–H and O–H groups in total. The standard InChI is InChI=1S/C10H10BrN3OS/c1-6-2-9(13-4-8(6)11)12-3-7-5-16-10(15)14-7/h2,4-5H,3H2,1H3,(H,12,13)(H,14,15). The Morgan fingerprint density at radius 3 is 3.06 bits per heavy atom. The fourth-order valence-corrected chi connectivity index (χ4v) is 2.02. The molecule has 4 nitrogen and oxygen atoms in total. The maximum Gasteiger partial charge on any atom is 0.304 e. The minimum Gasteiger partial charge on any atom is -0.364 e. The van der Waals surface area contributed by atoms with Gasteiger partial charge in [-0.1, -0.05) is 11.3 Å². The van der Waals surface area contributed by atoms with Crippen LogP contribution in [0.2, 0.25) is 0 Å². The number of hydrogen-bond donors (Lipinski definition) is 2. The molecular weight excluding hydrogens is 290 g/mol. The van der Waals surface area contributed by atoms with Gasteiger partial charge in [0.1, 0.15) is 5.82 Å². The maximum absolute atomic E-state index is 10.9. The van der Waals surface area contributed by atoms with Gasteiger partial charge in [0.25, 0.3) is 0 Å². The summed E-state index contributed by atoms with van der Waals surface area (Å²) in [4.78, 5) is 17.8. The summed E-state index contributed by atoms with van der Waals surface area (Å²) in [6, 6.07) is 1.95. The molecule has 84 valence electrons. The van der Waals surface area contributed by atoms with Gasteiger partial charge in [-0.2, -0.15) is 0 Å². The molecule has 0 radical (unpaired) electrons. The van der Waals surface area contributed by atoms with Crippen LogP contribution in [0.3, 0.4) is 0 Å². The summed E-state index contributed by atoms with van der Waals surface area (Å²) >= 11 is 4.56. The lowest BCUT2D eigenvalue weighted by molar-refractivity contribution is 1.04. The monoisotopic (exact) mass is 299 g/mol. The average Bonchev–Trinajstić information content (AvgIpc) is 2.66. The fourth-order valence-electron chi connectivity index (χ4n) is 1.22. The summed E-state index contributed by atoms with van der Waals surface area (Å²) in [5, 5.41) is 4.95. The third-order valence-electron chi connectivity index (χ3n) is 2.08. The highest BCUT2D eigenvalue weighted by Crippen LogP contribution is 2.17. The first-order valence-electron chi connectivity index (χ1n) is 4.68. The van der Waals surface area contributed by atoms with E-state index in [0.717, 1.165) is 21.5 Å². The fraction of sp³-hybridized carbons (Fsp3) is 0.200. The van der Waals surface area contributed by atoms with Crippen LogP contribution in [0.25, 0.3) is 0 Å². The van der Waals surface area contributed by atoms with Crippen LogP contribution in [0.4, 0.5) is 5.82 Å². The van der Waals surface area contributed by atoms with E-state index in [2.05, 4.69) is 31.2 Å². The second-order valence-electron chi connectivity index (χ2n) is 3.35. The van der Waals surface area contributed by atoms with Gasteiger partial charge in [-0.05, 0) is 34.5 Å². The SMILES string of the molecule is Cc1cc(NCc2csc(=O)[nH]2)ncc1Br. The number of nitrogens with one attached hydrogen (secondary N) is 2. The van der Waals surface area contributed by atoms with Gasteiger partial charge in [-0.3, -0.25) is 4.79 Å². The molecule has 0 saturated carbocycles. The van der Waals surface area contributed by atoms with Gasteiger partial charge in [0.05, 0.1) is 6.54 Å². The lowest BCUT2D eigenvalue weighted by Crippen LogP contribution is -2.04. The van der Waals surface area contributed by atoms with Crippen molar-refractivity contribution in [2.24, 2.45) is 0 Å². The molecule has 0 atom stereocenters. The molecule has 0 unspecified atom stereocenters. The largest absolute Gasteiger partial charge is 0.364 e. The molecule has 2 rings (SSSR count). The smallest absolute Gasteiger partial charge is 0.304 e. The van der Waals surface area contributed by atoms with Crippen molar-refractivity contribution < 1.29 is 0 Å². The molecule has 0 bridgehead atoms. The van der Waals surface area contributed by atoms with Gasteiger partial charge < -0.3 is 10.3 Å². The van der Waals surface area contributed by atoms with E-state index in [0.29, 0.717) is 6.54 Å². The number of aromatic nitrogens is 2. The summed E-state index contributed by atoms with van der Waals surface area (Å²) < 4.78 is 0.988. The van der Waals surface area contributed by atoms with Crippen LogP contribution in [-0.4, -0.2) is 9.97 Å². The van der Waals surface area contributed by atoms with Crippen LogP contribution in [0.15, 0.2) is 26.9 Å². The van der Waals surface area contributed by atoms with E-state index in [4.69, 9.17) is 0 Å². The Bertz CT molecular complexity index is 549. The van der Waals surface area contributed by atoms with Crippen molar-refractivity contribution in [3.05, 3.63) is 43.0 Å². The van der Waals surface area contributed by atoms with Crippen LogP contribution in [-0.2, 0) is 6.54 Å². The molecule has 0 aromatic carbocycles. The van der Waals surface area contributed by atoms with E-state index in [9.17, 15) is 4.79 Å². The molecule has 0 saturated heterocycles. The van der Waals surface area contributed by atoms with Gasteiger partial charge in [0, 0.05) is 21.7 Å². The molecule has 0 aliphatic heterocycles. The molecule has 0 amide bonds. The Kier molecular flexibility index (Phi) is 3.40. The molecule has 16 heavy (non-hydrogen) atoms. The lowest BCUT2D eigenvalue weighted by atomic mass is 10.3. The first-order valence-corrected chi connectivity index (χ1v) is 6.35. The number of aromatic amines is 1. The molecule has 0 spiro atoms. The van der Waals surface area contributed by atoms with Crippen LogP contribution >= 0.6 is 27.3 Å². The molecular formula is C10H10BrN3OS. The average molecular weight is 300 g/mol. The highest BCUT2D eigenvalue weighted by Gasteiger charge is 2.00. The van der Waals surface area contributed by atoms with E-state index >= 15 is 0 Å². The van der Waals surface area contributed by atoms with Crippen molar-refractivity contribution in [2.45, 2.75) is 13.5 Å². The van der Waals surface area contributed by atoms with Crippen LogP contribution in [0.1, 0.15) is 11.3 Å². The zero-order valence-corrected chi connectivity index (χ0v) is 11.0. The van der Waals surface area contributed by atoms with Gasteiger partial charge in [-0.25, -0.2) is 4.98 Å². The molecule has 0 aliphatic carbocycles. The number of pyridine rings is 1. The summed E-state index contributed by atoms with van der Waals surface area (Å²) in [6.45, 7) is 2.58. The Labute approximate surface area is 105 Å². The first kappa shape index (κ1) is 11.3. The third kappa shape index (κ3) is 2.70. The highest BCUT2D eigenvalue weighted by atomic mass is 79.9. The second kappa shape index (κ2) is 4.80. The van der Waals surface area contributed by atoms with Crippen molar-refractivity contribution in [1.82, 2.24) is 9.97 Å². The van der Waals surface area contributed by atoms with E-state index in [1.807, 2.05) is 13.0 Å². The van der Waals surface area contributed by atoms with Gasteiger partial charge in [-0.15, -0.1) is 0 Å². The van der Waals surface area contributed by atoms with E-state index in [-0.39, 0.29) is 4.87 Å². The van der Waals surface area contributed by atoms with E-state index in [1.165, 1.54) is 11.3 Å². The highest BCUT2D eigenvalue weighted by molar-refractivity contribution is 9.10. The second-order valence-corrected chi connectivity index (χ2v) is 5.04. The predicted molar refractivity (Wildman–Crippen MR) is 68.9 cm³/mol. The number of thiazole rings is 1. The molecule has 2 aromatic heterocycles. The van der Waals surface area contributed by atoms with Crippen LogP contribution in [0, 0.1) is 6.92 Å². The summed E-state index contributed by atoms with van der Waals surface area (Å²) in [6.07, 6.45) is 1.76. The molecule has 0 fully saturated rings. The topological polar surface area (TPSA) is 57.8 Å². The molecule has 0 aliphatic rings. The summed E-state index contributed by atoms with van der Waals surface area (Å²) in [7, 11) is 0. The van der Waals surface area contributed by atoms with Crippen LogP contribution in [0.5, 0.6) is 0 Å². The Balaban J connectivity index is 2.04. The minimum absolute atomic E-state index is 0.0308. The van der Waals surface area contributed by atoms with Gasteiger partial charge in [0.15, 0.2) is 0 Å². The number of hydrogen-bond acceptors (Lipinski definition) is 4. The zero-order chi connectivity index (χ0) is 11.5. The Morgan fingerprint density at radius 1 is 1.62 bits per heavy atom. The van der Waals surface area contributed by atoms with E-state index in [1.54, 1.807) is 11.6 Å². The number of H-pyrrole nitrogens is 1. The van der Waals surface area contributed by atoms with Crippen molar-refractivity contribution >= 4 is 33.1 Å². The summed E-state index contributed by atoms with van der Waals surface area (Å²) in [5.74, 6) is 0.799. The number of nitrogens with zero attached hydrogens (tertiary/aromatic N) is 1. The van der Waals surface area contributed by atoms with Crippen LogP contribution < -0.4 is 10.2 Å². The molecule has 2 aromatic rings. The first-order chi connectivity index (χ1) is 7.65. The van der Waals surface area contributed by atoms with Gasteiger partial charge >= 0.3 is 4.87 Å². The number of rotatable bonds is 3. The zero-order valence-electron chi connectivity index (χ0n) is 8.58. The van der Waals surface area contributed by atoms with Crippen molar-refractivity contribution in [3.63, 3.8) is 0 Å². The Hall–Kier alpha value is -1.14. The Morgan fingerprint density at radius 2 is 2.44 bits per heavy atom. The van der Waals surface area contributed by atoms with Crippen molar-refractivity contribution in [2.75, 3.05) is 5.32 Å². The summed E-state index contributed by atoms with van der Waals surface area (Å²) in [5.41, 5.74) is 1.99. The quantitative estimate of drug-likeness (QED) is 0.915. The number of aryl methyl sites for hydroxylation is 1.